The number of amides is 2. The number of rotatable bonds is 5. The molecule has 32 heavy (non-hydrogen) atoms. The molecule has 0 bridgehead atoms. The third-order valence-electron chi connectivity index (χ3n) is 4.93. The first-order valence-corrected chi connectivity index (χ1v) is 11.7. The number of aromatic hydroxyl groups is 1. The molecule has 172 valence electrons. The maximum absolute atomic E-state index is 13.5. The van der Waals surface area contributed by atoms with Gasteiger partial charge in [-0.2, -0.15) is 4.31 Å². The molecule has 9 nitrogen and oxygen atoms in total. The van der Waals surface area contributed by atoms with Gasteiger partial charge in [0.2, 0.25) is 10.0 Å². The van der Waals surface area contributed by atoms with Gasteiger partial charge in [0.15, 0.2) is 5.75 Å². The average molecular weight is 505 g/mol. The second kappa shape index (κ2) is 9.81. The normalized spacial score (nSPS) is 15.4. The van der Waals surface area contributed by atoms with Crippen LogP contribution in [0.1, 0.15) is 0 Å². The van der Waals surface area contributed by atoms with E-state index in [0.29, 0.717) is 13.1 Å². The summed E-state index contributed by atoms with van der Waals surface area (Å²) in [6.07, 6.45) is 0. The highest BCUT2D eigenvalue weighted by Crippen LogP contribution is 2.39. The maximum atomic E-state index is 13.5. The highest BCUT2D eigenvalue weighted by atomic mass is 35.5. The van der Waals surface area contributed by atoms with Crippen LogP contribution in [0.4, 0.5) is 20.6 Å². The molecule has 2 aromatic rings. The molecule has 0 aromatic heterocycles. The number of benzene rings is 2. The lowest BCUT2D eigenvalue weighted by Crippen LogP contribution is -2.52. The summed E-state index contributed by atoms with van der Waals surface area (Å²) in [5.41, 5.74) is -0.234. The second-order valence-electron chi connectivity index (χ2n) is 7.03. The minimum absolute atomic E-state index is 0.0125. The van der Waals surface area contributed by atoms with Crippen molar-refractivity contribution in [2.75, 3.05) is 36.8 Å². The molecule has 0 unspecified atom stereocenters. The first-order chi connectivity index (χ1) is 15.0. The van der Waals surface area contributed by atoms with Crippen LogP contribution in [0, 0.1) is 5.82 Å². The second-order valence-corrected chi connectivity index (χ2v) is 9.69. The smallest absolute Gasteiger partial charge is 0.376 e. The van der Waals surface area contributed by atoms with E-state index in [0.717, 1.165) is 10.4 Å². The Morgan fingerprint density at radius 1 is 1.09 bits per heavy atom. The van der Waals surface area contributed by atoms with Crippen LogP contribution in [-0.4, -0.2) is 66.9 Å². The SMILES string of the molecule is CB(O)N1CCN(S(=O)(=O)c2c(Cl)ccc(NC(=O)Nc3cccc(F)c3Cl)c2O)CC1. The Balaban J connectivity index is 1.82. The van der Waals surface area contributed by atoms with Crippen LogP contribution in [0.5, 0.6) is 5.75 Å². The van der Waals surface area contributed by atoms with Gasteiger partial charge in [-0.3, -0.25) is 0 Å². The third-order valence-corrected chi connectivity index (χ3v) is 7.72. The van der Waals surface area contributed by atoms with E-state index in [1.165, 1.54) is 24.3 Å². The Bertz CT molecular complexity index is 1130. The molecule has 3 rings (SSSR count). The summed E-state index contributed by atoms with van der Waals surface area (Å²) in [4.78, 5) is 13.5. The first kappa shape index (κ1) is 24.6. The summed E-state index contributed by atoms with van der Waals surface area (Å²) in [6.45, 7) is 2.34. The fourth-order valence-corrected chi connectivity index (χ4v) is 5.40. The van der Waals surface area contributed by atoms with E-state index < -0.39 is 39.6 Å². The van der Waals surface area contributed by atoms with Gasteiger partial charge in [-0.05, 0) is 31.1 Å². The molecule has 1 heterocycles. The zero-order valence-corrected chi connectivity index (χ0v) is 19.2. The Hall–Kier alpha value is -2.09. The molecule has 1 aliphatic heterocycles. The van der Waals surface area contributed by atoms with Crippen LogP contribution in [0.15, 0.2) is 35.2 Å². The Kier molecular flexibility index (Phi) is 7.53. The summed E-state index contributed by atoms with van der Waals surface area (Å²) in [5.74, 6) is -1.47. The van der Waals surface area contributed by atoms with E-state index in [1.807, 2.05) is 0 Å². The number of hydrogen-bond acceptors (Lipinski definition) is 6. The molecule has 4 N–H and O–H groups in total. The van der Waals surface area contributed by atoms with Crippen LogP contribution in [0.2, 0.25) is 16.9 Å². The van der Waals surface area contributed by atoms with E-state index >= 15 is 0 Å². The first-order valence-electron chi connectivity index (χ1n) is 9.48. The molecule has 1 fully saturated rings. The molecule has 0 atom stereocenters. The van der Waals surface area contributed by atoms with Gasteiger partial charge in [-0.25, -0.2) is 17.6 Å². The molecule has 0 aliphatic carbocycles. The monoisotopic (exact) mass is 504 g/mol. The summed E-state index contributed by atoms with van der Waals surface area (Å²) in [7, 11) is -4.91. The van der Waals surface area contributed by atoms with Crippen molar-refractivity contribution in [3.63, 3.8) is 0 Å². The summed E-state index contributed by atoms with van der Waals surface area (Å²) >= 11 is 11.9. The number of nitrogens with zero attached hydrogens (tertiary/aromatic N) is 2. The van der Waals surface area contributed by atoms with Crippen molar-refractivity contribution in [3.05, 3.63) is 46.2 Å². The minimum atomic E-state index is -4.20. The topological polar surface area (TPSA) is 122 Å². The maximum Gasteiger partial charge on any atom is 0.376 e. The highest BCUT2D eigenvalue weighted by molar-refractivity contribution is 7.89. The van der Waals surface area contributed by atoms with Crippen LogP contribution >= 0.6 is 23.2 Å². The molecule has 1 saturated heterocycles. The largest absolute Gasteiger partial charge is 0.504 e. The van der Waals surface area contributed by atoms with Crippen molar-refractivity contribution in [3.8, 4) is 5.75 Å². The van der Waals surface area contributed by atoms with Crippen LogP contribution in [-0.2, 0) is 10.0 Å². The standard InChI is InChI=1S/C18H20BCl2FN4O5S/c1-19(29)25-7-9-26(10-8-25)32(30,31)17-11(20)5-6-14(16(17)27)24-18(28)23-13-4-2-3-12(22)15(13)21/h2-6,27,29H,7-10H2,1H3,(H2,23,24,28). The summed E-state index contributed by atoms with van der Waals surface area (Å²) in [5, 5.41) is 24.4. The lowest BCUT2D eigenvalue weighted by atomic mass is 9.84. The van der Waals surface area contributed by atoms with E-state index in [9.17, 15) is 27.7 Å². The van der Waals surface area contributed by atoms with Gasteiger partial charge in [0.25, 0.3) is 0 Å². The van der Waals surface area contributed by atoms with Gasteiger partial charge in [-0.1, -0.05) is 29.3 Å². The Labute approximate surface area is 194 Å². The van der Waals surface area contributed by atoms with Crippen LogP contribution < -0.4 is 10.6 Å². The molecular formula is C18H20BCl2FN4O5S. The van der Waals surface area contributed by atoms with E-state index in [1.54, 1.807) is 11.6 Å². The van der Waals surface area contributed by atoms with Crippen molar-refractivity contribution >= 4 is 57.7 Å². The van der Waals surface area contributed by atoms with E-state index in [-0.39, 0.29) is 34.5 Å². The van der Waals surface area contributed by atoms with Gasteiger partial charge in [-0.15, -0.1) is 0 Å². The molecule has 2 amide bonds. The van der Waals surface area contributed by atoms with Crippen molar-refractivity contribution in [1.29, 1.82) is 0 Å². The quantitative estimate of drug-likeness (QED) is 0.367. The van der Waals surface area contributed by atoms with Crippen LogP contribution in [0.25, 0.3) is 0 Å². The Morgan fingerprint density at radius 2 is 1.72 bits per heavy atom. The van der Waals surface area contributed by atoms with E-state index in [4.69, 9.17) is 23.2 Å². The van der Waals surface area contributed by atoms with Gasteiger partial charge >= 0.3 is 13.1 Å². The highest BCUT2D eigenvalue weighted by Gasteiger charge is 2.34. The number of phenolic OH excluding ortho intramolecular Hbond substituents is 1. The van der Waals surface area contributed by atoms with Crippen LogP contribution in [0.3, 0.4) is 0 Å². The van der Waals surface area contributed by atoms with Gasteiger partial charge in [0.05, 0.1) is 21.4 Å². The minimum Gasteiger partial charge on any atom is -0.504 e. The number of sulfonamides is 1. The molecule has 2 aromatic carbocycles. The fraction of sp³-hybridized carbons (Fsp3) is 0.278. The Morgan fingerprint density at radius 3 is 2.34 bits per heavy atom. The number of nitrogens with one attached hydrogen (secondary N) is 2. The molecule has 14 heteroatoms. The zero-order valence-electron chi connectivity index (χ0n) is 16.8. The predicted molar refractivity (Wildman–Crippen MR) is 121 cm³/mol. The number of urea groups is 1. The van der Waals surface area contributed by atoms with Gasteiger partial charge in [0.1, 0.15) is 10.7 Å². The van der Waals surface area contributed by atoms with Crippen molar-refractivity contribution in [2.24, 2.45) is 0 Å². The number of halogens is 3. The average Bonchev–Trinajstić information content (AvgIpc) is 2.73. The van der Waals surface area contributed by atoms with Gasteiger partial charge < -0.3 is 25.6 Å². The number of hydrogen-bond donors (Lipinski definition) is 4. The lowest BCUT2D eigenvalue weighted by Gasteiger charge is -2.34. The van der Waals surface area contributed by atoms with Gasteiger partial charge in [0, 0.05) is 26.2 Å². The molecule has 0 spiro atoms. The molecular weight excluding hydrogens is 485 g/mol. The number of piperazine rings is 1. The summed E-state index contributed by atoms with van der Waals surface area (Å²) < 4.78 is 40.9. The lowest BCUT2D eigenvalue weighted by molar-refractivity contribution is 0.251. The third kappa shape index (κ3) is 5.11. The number of carbonyl (C=O) groups is 1. The molecule has 1 aliphatic rings. The molecule has 0 radical (unpaired) electrons. The number of anilines is 2. The number of carbonyl (C=O) groups excluding carboxylic acids is 1. The predicted octanol–water partition coefficient (Wildman–Crippen LogP) is 2.90. The van der Waals surface area contributed by atoms with Crippen molar-refractivity contribution in [1.82, 2.24) is 9.12 Å². The van der Waals surface area contributed by atoms with E-state index in [2.05, 4.69) is 10.6 Å². The zero-order chi connectivity index (χ0) is 23.6. The molecule has 0 saturated carbocycles. The van der Waals surface area contributed by atoms with Crippen molar-refractivity contribution in [2.45, 2.75) is 11.7 Å². The summed E-state index contributed by atoms with van der Waals surface area (Å²) in [6, 6.07) is 5.41. The van der Waals surface area contributed by atoms with Crippen molar-refractivity contribution < 1.29 is 27.7 Å². The number of phenols is 1. The fourth-order valence-electron chi connectivity index (χ4n) is 3.22.